The van der Waals surface area contributed by atoms with Crippen LogP contribution in [-0.2, 0) is 16.4 Å². The fourth-order valence-electron chi connectivity index (χ4n) is 1.83. The normalized spacial score (nSPS) is 22.5. The van der Waals surface area contributed by atoms with Crippen molar-refractivity contribution in [2.24, 2.45) is 0 Å². The molecule has 1 aliphatic rings. The van der Waals surface area contributed by atoms with E-state index < -0.39 is 9.84 Å². The second-order valence-electron chi connectivity index (χ2n) is 4.16. The molecule has 1 aromatic rings. The topological polar surface area (TPSA) is 81.1 Å². The Morgan fingerprint density at radius 1 is 1.65 bits per heavy atom. The van der Waals surface area contributed by atoms with Crippen molar-refractivity contribution in [1.29, 1.82) is 0 Å². The maximum atomic E-state index is 11.8. The van der Waals surface area contributed by atoms with Crippen molar-refractivity contribution in [2.45, 2.75) is 25.9 Å². The summed E-state index contributed by atoms with van der Waals surface area (Å²) in [5, 5.41) is 6.71. The lowest BCUT2D eigenvalue weighted by molar-refractivity contribution is 0.0941. The number of nitrogens with zero attached hydrogens (tertiary/aromatic N) is 2. The summed E-state index contributed by atoms with van der Waals surface area (Å²) in [5.74, 6) is -0.0564. The van der Waals surface area contributed by atoms with Crippen LogP contribution in [0, 0.1) is 0 Å². The minimum Gasteiger partial charge on any atom is -0.348 e. The Morgan fingerprint density at radius 2 is 2.41 bits per heavy atom. The average Bonchev–Trinajstić information content (AvgIpc) is 2.85. The van der Waals surface area contributed by atoms with Crippen LogP contribution in [0.4, 0.5) is 0 Å². The number of hydrogen-bond donors (Lipinski definition) is 1. The van der Waals surface area contributed by atoms with E-state index in [1.54, 1.807) is 10.9 Å². The van der Waals surface area contributed by atoms with Crippen molar-refractivity contribution >= 4 is 15.7 Å². The summed E-state index contributed by atoms with van der Waals surface area (Å²) in [6.07, 6.45) is 3.64. The second kappa shape index (κ2) is 4.48. The van der Waals surface area contributed by atoms with E-state index >= 15 is 0 Å². The molecule has 6 nitrogen and oxygen atoms in total. The summed E-state index contributed by atoms with van der Waals surface area (Å²) in [7, 11) is -2.96. The number of carbonyl (C=O) groups excluding carboxylic acids is 1. The molecule has 1 fully saturated rings. The number of nitrogens with one attached hydrogen (secondary N) is 1. The zero-order valence-corrected chi connectivity index (χ0v) is 10.4. The lowest BCUT2D eigenvalue weighted by atomic mass is 10.2. The molecular weight excluding hydrogens is 242 g/mol. The quantitative estimate of drug-likeness (QED) is 0.814. The molecule has 0 unspecified atom stereocenters. The van der Waals surface area contributed by atoms with Crippen molar-refractivity contribution in [3.8, 4) is 0 Å². The number of rotatable bonds is 3. The Morgan fingerprint density at radius 3 is 2.94 bits per heavy atom. The fraction of sp³-hybridized carbons (Fsp3) is 0.600. The molecule has 2 heterocycles. The van der Waals surface area contributed by atoms with Gasteiger partial charge in [-0.1, -0.05) is 0 Å². The molecule has 1 saturated heterocycles. The summed E-state index contributed by atoms with van der Waals surface area (Å²) in [5.41, 5.74) is 0.469. The van der Waals surface area contributed by atoms with E-state index in [2.05, 4.69) is 10.4 Å². The van der Waals surface area contributed by atoms with Crippen LogP contribution in [-0.4, -0.2) is 41.7 Å². The molecule has 2 rings (SSSR count). The van der Waals surface area contributed by atoms with Crippen molar-refractivity contribution < 1.29 is 13.2 Å². The maximum Gasteiger partial charge on any atom is 0.254 e. The molecular formula is C10H15N3O3S. The van der Waals surface area contributed by atoms with Crippen LogP contribution in [0.15, 0.2) is 12.4 Å². The lowest BCUT2D eigenvalue weighted by Gasteiger charge is -2.08. The number of aryl methyl sites for hydroxylation is 1. The van der Waals surface area contributed by atoms with Crippen molar-refractivity contribution in [1.82, 2.24) is 15.1 Å². The zero-order valence-electron chi connectivity index (χ0n) is 9.59. The Labute approximate surface area is 99.9 Å². The highest BCUT2D eigenvalue weighted by Gasteiger charge is 2.29. The SMILES string of the molecule is CCn1cc(C(=O)N[C@@H]2CCS(=O)(=O)C2)cn1. The predicted molar refractivity (Wildman–Crippen MR) is 62.4 cm³/mol. The molecule has 17 heavy (non-hydrogen) atoms. The minimum absolute atomic E-state index is 0.0423. The van der Waals surface area contributed by atoms with Gasteiger partial charge in [-0.15, -0.1) is 0 Å². The van der Waals surface area contributed by atoms with E-state index in [9.17, 15) is 13.2 Å². The van der Waals surface area contributed by atoms with Crippen LogP contribution in [0.2, 0.25) is 0 Å². The minimum atomic E-state index is -2.96. The van der Waals surface area contributed by atoms with Crippen LogP contribution in [0.1, 0.15) is 23.7 Å². The lowest BCUT2D eigenvalue weighted by Crippen LogP contribution is -2.35. The first kappa shape index (κ1) is 12.1. The first-order valence-electron chi connectivity index (χ1n) is 5.54. The summed E-state index contributed by atoms with van der Waals surface area (Å²) in [6, 6.07) is -0.266. The smallest absolute Gasteiger partial charge is 0.254 e. The number of amides is 1. The summed E-state index contributed by atoms with van der Waals surface area (Å²) in [4.78, 5) is 11.8. The molecule has 1 aromatic heterocycles. The van der Waals surface area contributed by atoms with E-state index in [0.717, 1.165) is 0 Å². The zero-order chi connectivity index (χ0) is 12.5. The van der Waals surface area contributed by atoms with Gasteiger partial charge in [0.15, 0.2) is 9.84 Å². The van der Waals surface area contributed by atoms with Gasteiger partial charge in [0.2, 0.25) is 0 Å². The van der Waals surface area contributed by atoms with Gasteiger partial charge in [0.05, 0.1) is 23.3 Å². The predicted octanol–water partition coefficient (Wildman–Crippen LogP) is -0.180. The Bertz CT molecular complexity index is 521. The molecule has 7 heteroatoms. The van der Waals surface area contributed by atoms with E-state index in [0.29, 0.717) is 18.5 Å². The van der Waals surface area contributed by atoms with Crippen LogP contribution in [0.5, 0.6) is 0 Å². The van der Waals surface area contributed by atoms with E-state index in [-0.39, 0.29) is 23.5 Å². The Kier molecular flexibility index (Phi) is 3.19. The van der Waals surface area contributed by atoms with Gasteiger partial charge in [-0.25, -0.2) is 8.42 Å². The van der Waals surface area contributed by atoms with Crippen LogP contribution in [0.3, 0.4) is 0 Å². The standard InChI is InChI=1S/C10H15N3O3S/c1-2-13-6-8(5-11-13)10(14)12-9-3-4-17(15,16)7-9/h5-6,9H,2-4,7H2,1H3,(H,12,14)/t9-/m1/s1. The highest BCUT2D eigenvalue weighted by molar-refractivity contribution is 7.91. The third kappa shape index (κ3) is 2.85. The van der Waals surface area contributed by atoms with Crippen LogP contribution in [0.25, 0.3) is 0 Å². The van der Waals surface area contributed by atoms with Gasteiger partial charge < -0.3 is 5.32 Å². The first-order chi connectivity index (χ1) is 8.00. The molecule has 0 aliphatic carbocycles. The van der Waals surface area contributed by atoms with Gasteiger partial charge in [0.25, 0.3) is 5.91 Å². The second-order valence-corrected chi connectivity index (χ2v) is 6.39. The highest BCUT2D eigenvalue weighted by atomic mass is 32.2. The molecule has 0 spiro atoms. The monoisotopic (exact) mass is 257 g/mol. The van der Waals surface area contributed by atoms with E-state index in [1.807, 2.05) is 6.92 Å². The van der Waals surface area contributed by atoms with Crippen LogP contribution < -0.4 is 5.32 Å². The van der Waals surface area contributed by atoms with Gasteiger partial charge in [0.1, 0.15) is 0 Å². The third-order valence-corrected chi connectivity index (χ3v) is 4.56. The fourth-order valence-corrected chi connectivity index (χ4v) is 3.50. The first-order valence-corrected chi connectivity index (χ1v) is 7.36. The highest BCUT2D eigenvalue weighted by Crippen LogP contribution is 2.12. The summed E-state index contributed by atoms with van der Waals surface area (Å²) < 4.78 is 24.1. The van der Waals surface area contributed by atoms with Gasteiger partial charge in [-0.3, -0.25) is 9.48 Å². The molecule has 0 saturated carbocycles. The summed E-state index contributed by atoms with van der Waals surface area (Å²) >= 11 is 0. The van der Waals surface area contributed by atoms with Crippen molar-refractivity contribution in [3.63, 3.8) is 0 Å². The third-order valence-electron chi connectivity index (χ3n) is 2.79. The van der Waals surface area contributed by atoms with E-state index in [1.165, 1.54) is 6.20 Å². The molecule has 0 bridgehead atoms. The molecule has 1 amide bonds. The average molecular weight is 257 g/mol. The Balaban J connectivity index is 1.98. The number of aromatic nitrogens is 2. The molecule has 0 radical (unpaired) electrons. The Hall–Kier alpha value is -1.37. The number of sulfone groups is 1. The van der Waals surface area contributed by atoms with Gasteiger partial charge in [0, 0.05) is 18.8 Å². The largest absolute Gasteiger partial charge is 0.348 e. The van der Waals surface area contributed by atoms with Crippen LogP contribution >= 0.6 is 0 Å². The molecule has 94 valence electrons. The number of carbonyl (C=O) groups is 1. The number of hydrogen-bond acceptors (Lipinski definition) is 4. The van der Waals surface area contributed by atoms with Gasteiger partial charge in [-0.2, -0.15) is 5.10 Å². The molecule has 0 aromatic carbocycles. The van der Waals surface area contributed by atoms with Gasteiger partial charge in [-0.05, 0) is 13.3 Å². The van der Waals surface area contributed by atoms with Gasteiger partial charge >= 0.3 is 0 Å². The maximum absolute atomic E-state index is 11.8. The molecule has 1 atom stereocenters. The van der Waals surface area contributed by atoms with E-state index in [4.69, 9.17) is 0 Å². The summed E-state index contributed by atoms with van der Waals surface area (Å²) in [6.45, 7) is 2.63. The van der Waals surface area contributed by atoms with Crippen molar-refractivity contribution in [3.05, 3.63) is 18.0 Å². The molecule has 1 aliphatic heterocycles. The molecule has 1 N–H and O–H groups in total. The van der Waals surface area contributed by atoms with Crippen molar-refractivity contribution in [2.75, 3.05) is 11.5 Å².